The van der Waals surface area contributed by atoms with Crippen LogP contribution in [-0.4, -0.2) is 34.1 Å². The molecule has 0 spiro atoms. The minimum Gasteiger partial charge on any atom is -0.456 e. The van der Waals surface area contributed by atoms with Gasteiger partial charge in [0.05, 0.1) is 24.0 Å². The second kappa shape index (κ2) is 11.9. The number of esters is 1. The molecule has 3 aromatic rings. The highest BCUT2D eigenvalue weighted by molar-refractivity contribution is 7.09. The lowest BCUT2D eigenvalue weighted by Crippen LogP contribution is -2.41. The predicted octanol–water partition coefficient (Wildman–Crippen LogP) is 2.76. The van der Waals surface area contributed by atoms with E-state index in [1.165, 1.54) is 11.3 Å². The number of nitrogens with zero attached hydrogens (tertiary/aromatic N) is 2. The van der Waals surface area contributed by atoms with Gasteiger partial charge in [-0.1, -0.05) is 31.5 Å². The molecular weight excluding hydrogens is 444 g/mol. The molecule has 0 aliphatic carbocycles. The van der Waals surface area contributed by atoms with Gasteiger partial charge in [-0.3, -0.25) is 19.7 Å². The standard InChI is InChI=1S/C23H26N4O5S/c1-2-3-12-27-19-9-5-4-8-17(19)25-18(22(27)30)10-11-21(29)32-15-20(28)26-23(31)24-14-16-7-6-13-33-16/h4-9,13H,2-3,10-12,14-15H2,1H3,(H2,24,26,28,31). The minimum absolute atomic E-state index is 0.0948. The monoisotopic (exact) mass is 470 g/mol. The van der Waals surface area contributed by atoms with Crippen molar-refractivity contribution < 1.29 is 19.1 Å². The van der Waals surface area contributed by atoms with Crippen LogP contribution in [0.5, 0.6) is 0 Å². The van der Waals surface area contributed by atoms with Crippen LogP contribution in [0.3, 0.4) is 0 Å². The summed E-state index contributed by atoms with van der Waals surface area (Å²) >= 11 is 1.48. The molecule has 1 aromatic carbocycles. The molecule has 0 saturated heterocycles. The molecule has 174 valence electrons. The number of benzene rings is 1. The van der Waals surface area contributed by atoms with E-state index < -0.39 is 24.5 Å². The maximum Gasteiger partial charge on any atom is 0.321 e. The second-order valence-corrected chi connectivity index (χ2v) is 8.36. The zero-order chi connectivity index (χ0) is 23.6. The molecule has 0 aliphatic rings. The highest BCUT2D eigenvalue weighted by Gasteiger charge is 2.15. The molecule has 2 heterocycles. The van der Waals surface area contributed by atoms with Crippen molar-refractivity contribution in [3.05, 3.63) is 62.7 Å². The smallest absolute Gasteiger partial charge is 0.321 e. The van der Waals surface area contributed by atoms with Crippen molar-refractivity contribution in [3.8, 4) is 0 Å². The number of aryl methyl sites for hydroxylation is 2. The fraction of sp³-hybridized carbons (Fsp3) is 0.348. The van der Waals surface area contributed by atoms with Crippen molar-refractivity contribution in [2.24, 2.45) is 0 Å². The third-order valence-corrected chi connectivity index (χ3v) is 5.72. The lowest BCUT2D eigenvalue weighted by atomic mass is 10.2. The number of nitrogens with one attached hydrogen (secondary N) is 2. The number of fused-ring (bicyclic) bond motifs is 1. The number of hydrogen-bond acceptors (Lipinski definition) is 7. The number of imide groups is 1. The highest BCUT2D eigenvalue weighted by Crippen LogP contribution is 2.12. The summed E-state index contributed by atoms with van der Waals surface area (Å²) in [5.41, 5.74) is 1.50. The van der Waals surface area contributed by atoms with Gasteiger partial charge in [0.25, 0.3) is 11.5 Å². The number of para-hydroxylation sites is 2. The van der Waals surface area contributed by atoms with Gasteiger partial charge in [0, 0.05) is 17.8 Å². The van der Waals surface area contributed by atoms with Crippen LogP contribution in [0.15, 0.2) is 46.6 Å². The Balaban J connectivity index is 1.50. The van der Waals surface area contributed by atoms with Crippen LogP contribution in [0.4, 0.5) is 4.79 Å². The van der Waals surface area contributed by atoms with Gasteiger partial charge < -0.3 is 14.6 Å². The fourth-order valence-corrected chi connectivity index (χ4v) is 3.82. The number of carbonyl (C=O) groups is 3. The van der Waals surface area contributed by atoms with Crippen molar-refractivity contribution in [3.63, 3.8) is 0 Å². The molecule has 3 amide bonds. The van der Waals surface area contributed by atoms with Gasteiger partial charge in [-0.2, -0.15) is 0 Å². The van der Waals surface area contributed by atoms with Crippen LogP contribution in [0.25, 0.3) is 11.0 Å². The summed E-state index contributed by atoms with van der Waals surface area (Å²) in [6, 6.07) is 10.4. The number of ether oxygens (including phenoxy) is 1. The third-order valence-electron chi connectivity index (χ3n) is 4.84. The first-order valence-corrected chi connectivity index (χ1v) is 11.6. The molecule has 0 saturated carbocycles. The van der Waals surface area contributed by atoms with Gasteiger partial charge in [-0.15, -0.1) is 11.3 Å². The molecule has 33 heavy (non-hydrogen) atoms. The number of unbranched alkanes of at least 4 members (excludes halogenated alkanes) is 1. The van der Waals surface area contributed by atoms with Gasteiger partial charge in [-0.25, -0.2) is 9.78 Å². The van der Waals surface area contributed by atoms with Gasteiger partial charge in [-0.05, 0) is 30.0 Å². The molecule has 2 aromatic heterocycles. The van der Waals surface area contributed by atoms with E-state index in [-0.39, 0.29) is 24.1 Å². The normalized spacial score (nSPS) is 10.7. The first kappa shape index (κ1) is 24.1. The van der Waals surface area contributed by atoms with E-state index in [0.29, 0.717) is 18.6 Å². The number of urea groups is 1. The summed E-state index contributed by atoms with van der Waals surface area (Å²) in [4.78, 5) is 53.9. The summed E-state index contributed by atoms with van der Waals surface area (Å²) in [7, 11) is 0. The maximum absolute atomic E-state index is 12.9. The van der Waals surface area contributed by atoms with Crippen LogP contribution in [0.1, 0.15) is 36.8 Å². The molecular formula is C23H26N4O5S. The summed E-state index contributed by atoms with van der Waals surface area (Å²) in [6.07, 6.45) is 1.79. The van der Waals surface area contributed by atoms with Crippen molar-refractivity contribution in [1.29, 1.82) is 0 Å². The Hall–Kier alpha value is -3.53. The van der Waals surface area contributed by atoms with E-state index in [4.69, 9.17) is 4.74 Å². The van der Waals surface area contributed by atoms with Crippen molar-refractivity contribution in [2.75, 3.05) is 6.61 Å². The Kier molecular flexibility index (Phi) is 8.71. The van der Waals surface area contributed by atoms with Crippen LogP contribution in [-0.2, 0) is 33.8 Å². The van der Waals surface area contributed by atoms with E-state index in [0.717, 1.165) is 23.2 Å². The van der Waals surface area contributed by atoms with Crippen LogP contribution >= 0.6 is 11.3 Å². The van der Waals surface area contributed by atoms with E-state index in [1.807, 2.05) is 41.8 Å². The van der Waals surface area contributed by atoms with Crippen molar-refractivity contribution in [2.45, 2.75) is 45.7 Å². The van der Waals surface area contributed by atoms with E-state index >= 15 is 0 Å². The van der Waals surface area contributed by atoms with Crippen molar-refractivity contribution >= 4 is 40.3 Å². The molecule has 0 unspecified atom stereocenters. The Morgan fingerprint density at radius 2 is 1.97 bits per heavy atom. The Bertz CT molecular complexity index is 1170. The average molecular weight is 471 g/mol. The molecule has 2 N–H and O–H groups in total. The first-order chi connectivity index (χ1) is 16.0. The zero-order valence-electron chi connectivity index (χ0n) is 18.3. The van der Waals surface area contributed by atoms with Crippen LogP contribution < -0.4 is 16.2 Å². The molecule has 0 bridgehead atoms. The molecule has 0 radical (unpaired) electrons. The van der Waals surface area contributed by atoms with E-state index in [9.17, 15) is 19.2 Å². The van der Waals surface area contributed by atoms with Gasteiger partial charge >= 0.3 is 12.0 Å². The van der Waals surface area contributed by atoms with E-state index in [2.05, 4.69) is 22.5 Å². The zero-order valence-corrected chi connectivity index (χ0v) is 19.2. The molecule has 0 aliphatic heterocycles. The Labute approximate surface area is 194 Å². The number of aromatic nitrogens is 2. The van der Waals surface area contributed by atoms with Gasteiger partial charge in [0.2, 0.25) is 0 Å². The number of carbonyl (C=O) groups excluding carboxylic acids is 3. The van der Waals surface area contributed by atoms with Crippen LogP contribution in [0, 0.1) is 0 Å². The van der Waals surface area contributed by atoms with Crippen LogP contribution in [0.2, 0.25) is 0 Å². The second-order valence-electron chi connectivity index (χ2n) is 7.33. The summed E-state index contributed by atoms with van der Waals surface area (Å²) in [5.74, 6) is -1.39. The molecule has 0 fully saturated rings. The lowest BCUT2D eigenvalue weighted by Gasteiger charge is -2.12. The predicted molar refractivity (Wildman–Crippen MR) is 125 cm³/mol. The Morgan fingerprint density at radius 1 is 1.15 bits per heavy atom. The molecule has 3 rings (SSSR count). The molecule has 10 heteroatoms. The minimum atomic E-state index is -0.738. The van der Waals surface area contributed by atoms with E-state index in [1.54, 1.807) is 4.57 Å². The topological polar surface area (TPSA) is 119 Å². The van der Waals surface area contributed by atoms with Gasteiger partial charge in [0.1, 0.15) is 5.69 Å². The number of amides is 3. The molecule has 9 nitrogen and oxygen atoms in total. The summed E-state index contributed by atoms with van der Waals surface area (Å²) in [5, 5.41) is 6.53. The lowest BCUT2D eigenvalue weighted by molar-refractivity contribution is -0.148. The first-order valence-electron chi connectivity index (χ1n) is 10.7. The largest absolute Gasteiger partial charge is 0.456 e. The number of hydrogen-bond donors (Lipinski definition) is 2. The SMILES string of the molecule is CCCCn1c(=O)c(CCC(=O)OCC(=O)NC(=O)NCc2cccs2)nc2ccccc21. The summed E-state index contributed by atoms with van der Waals surface area (Å²) < 4.78 is 6.62. The quantitative estimate of drug-likeness (QED) is 0.440. The average Bonchev–Trinajstić information content (AvgIpc) is 3.33. The van der Waals surface area contributed by atoms with Gasteiger partial charge in [0.15, 0.2) is 6.61 Å². The number of rotatable bonds is 10. The molecule has 0 atom stereocenters. The third kappa shape index (κ3) is 6.98. The summed E-state index contributed by atoms with van der Waals surface area (Å²) in [6.45, 7) is 2.33. The maximum atomic E-state index is 12.9. The van der Waals surface area contributed by atoms with Crippen molar-refractivity contribution in [1.82, 2.24) is 20.2 Å². The Morgan fingerprint density at radius 3 is 2.73 bits per heavy atom. The fourth-order valence-electron chi connectivity index (χ4n) is 3.17. The highest BCUT2D eigenvalue weighted by atomic mass is 32.1. The number of thiophene rings is 1.